The number of likely N-dealkylation sites (N-methyl/N-ethyl adjacent to an activating group) is 1. The molecule has 1 aliphatic rings. The number of nitrogens with one attached hydrogen (secondary N) is 1. The first-order valence-electron chi connectivity index (χ1n) is 5.83. The highest BCUT2D eigenvalue weighted by molar-refractivity contribution is 6.42. The summed E-state index contributed by atoms with van der Waals surface area (Å²) in [6, 6.07) is 5.42. The molecule has 1 aromatic carbocycles. The van der Waals surface area contributed by atoms with Crippen LogP contribution in [0.4, 0.5) is 0 Å². The van der Waals surface area contributed by atoms with E-state index in [-0.39, 0.29) is 12.1 Å². The van der Waals surface area contributed by atoms with E-state index in [1.807, 2.05) is 12.1 Å². The maximum Gasteiger partial charge on any atom is 0.0909 e. The van der Waals surface area contributed by atoms with E-state index in [2.05, 4.69) is 17.4 Å². The van der Waals surface area contributed by atoms with Gasteiger partial charge >= 0.3 is 0 Å². The Morgan fingerprint density at radius 3 is 2.83 bits per heavy atom. The molecule has 2 atom stereocenters. The fourth-order valence-corrected chi connectivity index (χ4v) is 2.44. The number of benzene rings is 1. The van der Waals surface area contributed by atoms with Crippen LogP contribution in [0.2, 0.25) is 10.0 Å². The molecule has 3 N–H and O–H groups in total. The molecule has 0 aliphatic carbocycles. The van der Waals surface area contributed by atoms with Crippen LogP contribution < -0.4 is 11.3 Å². The van der Waals surface area contributed by atoms with E-state index < -0.39 is 0 Å². The molecule has 1 aliphatic heterocycles. The molecule has 2 unspecified atom stereocenters. The van der Waals surface area contributed by atoms with E-state index in [0.717, 1.165) is 18.7 Å². The number of morpholine rings is 1. The first kappa shape index (κ1) is 14.1. The maximum atomic E-state index is 6.03. The summed E-state index contributed by atoms with van der Waals surface area (Å²) in [5.74, 6) is 5.64. The minimum absolute atomic E-state index is 0.00555. The van der Waals surface area contributed by atoms with Gasteiger partial charge in [-0.05, 0) is 24.7 Å². The topological polar surface area (TPSA) is 50.5 Å². The largest absolute Gasteiger partial charge is 0.374 e. The van der Waals surface area contributed by atoms with Crippen molar-refractivity contribution in [2.75, 3.05) is 26.7 Å². The third-order valence-corrected chi connectivity index (χ3v) is 3.89. The summed E-state index contributed by atoms with van der Waals surface area (Å²) in [7, 11) is 2.07. The Kier molecular flexibility index (Phi) is 4.84. The van der Waals surface area contributed by atoms with Crippen molar-refractivity contribution in [3.05, 3.63) is 33.8 Å². The second kappa shape index (κ2) is 6.19. The lowest BCUT2D eigenvalue weighted by molar-refractivity contribution is -0.0393. The third kappa shape index (κ3) is 3.15. The Morgan fingerprint density at radius 1 is 1.44 bits per heavy atom. The monoisotopic (exact) mass is 289 g/mol. The lowest BCUT2D eigenvalue weighted by Crippen LogP contribution is -2.48. The molecular formula is C12H17Cl2N3O. The van der Waals surface area contributed by atoms with Crippen LogP contribution in [0, 0.1) is 0 Å². The Hall–Kier alpha value is -0.360. The van der Waals surface area contributed by atoms with Crippen LogP contribution in [0.3, 0.4) is 0 Å². The zero-order valence-corrected chi connectivity index (χ0v) is 11.7. The smallest absolute Gasteiger partial charge is 0.0909 e. The van der Waals surface area contributed by atoms with Gasteiger partial charge in [0.2, 0.25) is 0 Å². The van der Waals surface area contributed by atoms with Crippen molar-refractivity contribution in [1.82, 2.24) is 10.3 Å². The van der Waals surface area contributed by atoms with E-state index in [1.165, 1.54) is 0 Å². The minimum atomic E-state index is -0.0949. The van der Waals surface area contributed by atoms with Gasteiger partial charge in [0.05, 0.1) is 28.8 Å². The van der Waals surface area contributed by atoms with Gasteiger partial charge in [0.25, 0.3) is 0 Å². The molecule has 4 nitrogen and oxygen atoms in total. The highest BCUT2D eigenvalue weighted by Gasteiger charge is 2.27. The molecule has 1 aromatic rings. The predicted molar refractivity (Wildman–Crippen MR) is 73.8 cm³/mol. The number of ether oxygens (including phenoxy) is 1. The molecule has 6 heteroatoms. The Morgan fingerprint density at radius 2 is 2.22 bits per heavy atom. The summed E-state index contributed by atoms with van der Waals surface area (Å²) < 4.78 is 5.77. The average molecular weight is 290 g/mol. The predicted octanol–water partition coefficient (Wildman–Crippen LogP) is 1.83. The quantitative estimate of drug-likeness (QED) is 0.658. The van der Waals surface area contributed by atoms with Crippen LogP contribution in [0.25, 0.3) is 0 Å². The van der Waals surface area contributed by atoms with Gasteiger partial charge in [-0.2, -0.15) is 0 Å². The van der Waals surface area contributed by atoms with Gasteiger partial charge in [-0.15, -0.1) is 0 Å². The molecule has 0 aromatic heterocycles. The standard InChI is InChI=1S/C12H17Cl2N3O/c1-17-4-5-18-11(7-17)12(16-15)8-2-3-9(13)10(14)6-8/h2-3,6,11-12,16H,4-5,7,15H2,1H3. The van der Waals surface area contributed by atoms with Gasteiger partial charge in [-0.3, -0.25) is 11.3 Å². The average Bonchev–Trinajstić information content (AvgIpc) is 2.35. The van der Waals surface area contributed by atoms with Crippen molar-refractivity contribution < 1.29 is 4.74 Å². The third-order valence-electron chi connectivity index (χ3n) is 3.15. The molecule has 0 spiro atoms. The zero-order valence-electron chi connectivity index (χ0n) is 10.2. The Balaban J connectivity index is 2.18. The van der Waals surface area contributed by atoms with Crippen molar-refractivity contribution in [3.63, 3.8) is 0 Å². The number of rotatable bonds is 3. The van der Waals surface area contributed by atoms with E-state index >= 15 is 0 Å². The minimum Gasteiger partial charge on any atom is -0.374 e. The van der Waals surface area contributed by atoms with Gasteiger partial charge in [0, 0.05) is 13.1 Å². The first-order valence-corrected chi connectivity index (χ1v) is 6.58. The highest BCUT2D eigenvalue weighted by atomic mass is 35.5. The van der Waals surface area contributed by atoms with Crippen molar-refractivity contribution >= 4 is 23.2 Å². The van der Waals surface area contributed by atoms with Crippen LogP contribution >= 0.6 is 23.2 Å². The molecule has 0 radical (unpaired) electrons. The molecule has 0 amide bonds. The zero-order chi connectivity index (χ0) is 13.1. The molecule has 1 fully saturated rings. The van der Waals surface area contributed by atoms with E-state index in [1.54, 1.807) is 6.07 Å². The fraction of sp³-hybridized carbons (Fsp3) is 0.500. The number of hydrogen-bond acceptors (Lipinski definition) is 4. The second-order valence-electron chi connectivity index (χ2n) is 4.49. The number of nitrogens with two attached hydrogens (primary N) is 1. The van der Waals surface area contributed by atoms with Crippen molar-refractivity contribution in [2.24, 2.45) is 5.84 Å². The van der Waals surface area contributed by atoms with E-state index in [0.29, 0.717) is 16.7 Å². The number of nitrogens with zero attached hydrogens (tertiary/aromatic N) is 1. The molecule has 0 bridgehead atoms. The van der Waals surface area contributed by atoms with E-state index in [9.17, 15) is 0 Å². The fourth-order valence-electron chi connectivity index (χ4n) is 2.14. The summed E-state index contributed by atoms with van der Waals surface area (Å²) in [6.07, 6.45) is 0.00555. The summed E-state index contributed by atoms with van der Waals surface area (Å²) in [4.78, 5) is 2.22. The Labute approximate surface area is 117 Å². The lowest BCUT2D eigenvalue weighted by Gasteiger charge is -2.35. The van der Waals surface area contributed by atoms with Crippen LogP contribution in [-0.2, 0) is 4.74 Å². The maximum absolute atomic E-state index is 6.03. The van der Waals surface area contributed by atoms with Gasteiger partial charge in [0.1, 0.15) is 0 Å². The molecule has 100 valence electrons. The van der Waals surface area contributed by atoms with Crippen LogP contribution in [0.5, 0.6) is 0 Å². The van der Waals surface area contributed by atoms with Crippen molar-refractivity contribution in [2.45, 2.75) is 12.1 Å². The molecule has 18 heavy (non-hydrogen) atoms. The number of hydrogen-bond donors (Lipinski definition) is 2. The van der Waals surface area contributed by atoms with Gasteiger partial charge in [-0.1, -0.05) is 29.3 Å². The number of halogens is 2. The SMILES string of the molecule is CN1CCOC(C(NN)c2ccc(Cl)c(Cl)c2)C1. The molecule has 1 heterocycles. The van der Waals surface area contributed by atoms with Gasteiger partial charge in [-0.25, -0.2) is 0 Å². The molecule has 0 saturated carbocycles. The van der Waals surface area contributed by atoms with Crippen LogP contribution in [0.1, 0.15) is 11.6 Å². The lowest BCUT2D eigenvalue weighted by atomic mass is 10.0. The van der Waals surface area contributed by atoms with Crippen LogP contribution in [-0.4, -0.2) is 37.7 Å². The van der Waals surface area contributed by atoms with Crippen molar-refractivity contribution in [1.29, 1.82) is 0 Å². The normalized spacial score (nSPS) is 23.0. The number of hydrazine groups is 1. The van der Waals surface area contributed by atoms with Gasteiger partial charge in [0.15, 0.2) is 0 Å². The summed E-state index contributed by atoms with van der Waals surface area (Å²) >= 11 is 11.9. The molecular weight excluding hydrogens is 273 g/mol. The summed E-state index contributed by atoms with van der Waals surface area (Å²) in [5.41, 5.74) is 3.78. The highest BCUT2D eigenvalue weighted by Crippen LogP contribution is 2.28. The molecule has 2 rings (SSSR count). The van der Waals surface area contributed by atoms with Crippen molar-refractivity contribution in [3.8, 4) is 0 Å². The first-order chi connectivity index (χ1) is 8.61. The second-order valence-corrected chi connectivity index (χ2v) is 5.30. The van der Waals surface area contributed by atoms with E-state index in [4.69, 9.17) is 33.8 Å². The summed E-state index contributed by atoms with van der Waals surface area (Å²) in [5, 5.41) is 1.07. The molecule has 1 saturated heterocycles. The summed E-state index contributed by atoms with van der Waals surface area (Å²) in [6.45, 7) is 2.48. The van der Waals surface area contributed by atoms with Crippen LogP contribution in [0.15, 0.2) is 18.2 Å². The van der Waals surface area contributed by atoms with Gasteiger partial charge < -0.3 is 9.64 Å². The Bertz CT molecular complexity index is 416.